The molecule has 0 spiro atoms. The fraction of sp³-hybridized carbons (Fsp3) is 0.500. The Hall–Kier alpha value is -1.47. The maximum atomic E-state index is 13.7. The molecule has 0 saturated heterocycles. The molecule has 1 unspecified atom stereocenters. The van der Waals surface area contributed by atoms with Crippen LogP contribution in [0, 0.1) is 24.6 Å². The Bertz CT molecular complexity index is 668. The third-order valence-corrected chi connectivity index (χ3v) is 5.19. The van der Waals surface area contributed by atoms with Crippen LogP contribution in [0.15, 0.2) is 17.0 Å². The summed E-state index contributed by atoms with van der Waals surface area (Å²) in [5.41, 5.74) is -0.642. The number of nitrogens with one attached hydrogen (secondary N) is 1. The maximum absolute atomic E-state index is 13.7. The zero-order chi connectivity index (χ0) is 15.8. The van der Waals surface area contributed by atoms with Crippen LogP contribution in [0.4, 0.5) is 4.39 Å². The number of carbonyl (C=O) groups is 1. The van der Waals surface area contributed by atoms with Gasteiger partial charge in [-0.25, -0.2) is 22.3 Å². The number of hydrogen-bond donors (Lipinski definition) is 2. The minimum absolute atomic E-state index is 0.00878. The van der Waals surface area contributed by atoms with Gasteiger partial charge in [0.25, 0.3) is 0 Å². The number of carboxylic acid groups (broad SMARTS) is 1. The molecule has 1 saturated carbocycles. The van der Waals surface area contributed by atoms with E-state index < -0.39 is 27.4 Å². The van der Waals surface area contributed by atoms with Gasteiger partial charge in [-0.1, -0.05) is 6.92 Å². The molecule has 1 atom stereocenters. The quantitative estimate of drug-likeness (QED) is 0.842. The van der Waals surface area contributed by atoms with Gasteiger partial charge in [0.2, 0.25) is 10.0 Å². The Balaban J connectivity index is 2.24. The molecule has 0 bridgehead atoms. The molecule has 2 rings (SSSR count). The van der Waals surface area contributed by atoms with E-state index in [0.29, 0.717) is 12.5 Å². The first-order valence-corrected chi connectivity index (χ1v) is 8.24. The molecule has 1 aromatic carbocycles. The van der Waals surface area contributed by atoms with E-state index in [9.17, 15) is 17.6 Å². The topological polar surface area (TPSA) is 83.5 Å². The molecule has 7 heteroatoms. The van der Waals surface area contributed by atoms with Crippen molar-refractivity contribution < 1.29 is 22.7 Å². The van der Waals surface area contributed by atoms with Crippen LogP contribution < -0.4 is 4.72 Å². The van der Waals surface area contributed by atoms with E-state index in [0.717, 1.165) is 25.0 Å². The molecule has 0 radical (unpaired) electrons. The van der Waals surface area contributed by atoms with Crippen molar-refractivity contribution in [2.45, 2.75) is 31.6 Å². The summed E-state index contributed by atoms with van der Waals surface area (Å²) in [6, 6.07) is 2.00. The van der Waals surface area contributed by atoms with Crippen LogP contribution >= 0.6 is 0 Å². The van der Waals surface area contributed by atoms with Gasteiger partial charge in [-0.15, -0.1) is 0 Å². The van der Waals surface area contributed by atoms with Gasteiger partial charge in [0.1, 0.15) is 5.82 Å². The SMILES string of the molecule is Cc1cc(S(=O)(=O)NCC(C)C2CC2)cc(C(=O)O)c1F. The van der Waals surface area contributed by atoms with Gasteiger partial charge in [0.15, 0.2) is 0 Å². The molecular formula is C14H18FNO4S. The third kappa shape index (κ3) is 3.59. The monoisotopic (exact) mass is 315 g/mol. The lowest BCUT2D eigenvalue weighted by Gasteiger charge is -2.13. The van der Waals surface area contributed by atoms with Crippen LogP contribution in [-0.2, 0) is 10.0 Å². The second-order valence-corrected chi connectivity index (χ2v) is 7.34. The van der Waals surface area contributed by atoms with E-state index in [-0.39, 0.29) is 16.4 Å². The minimum Gasteiger partial charge on any atom is -0.478 e. The van der Waals surface area contributed by atoms with Crippen LogP contribution in [0.3, 0.4) is 0 Å². The van der Waals surface area contributed by atoms with Crippen molar-refractivity contribution in [3.63, 3.8) is 0 Å². The van der Waals surface area contributed by atoms with E-state index >= 15 is 0 Å². The predicted molar refractivity (Wildman–Crippen MR) is 75.2 cm³/mol. The zero-order valence-electron chi connectivity index (χ0n) is 11.9. The Morgan fingerprint density at radius 3 is 2.62 bits per heavy atom. The summed E-state index contributed by atoms with van der Waals surface area (Å²) in [5, 5.41) is 8.92. The number of aromatic carboxylic acids is 1. The van der Waals surface area contributed by atoms with Crippen LogP contribution in [-0.4, -0.2) is 26.0 Å². The lowest BCUT2D eigenvalue weighted by molar-refractivity contribution is 0.0691. The van der Waals surface area contributed by atoms with Gasteiger partial charge in [0.05, 0.1) is 10.5 Å². The molecule has 2 N–H and O–H groups in total. The van der Waals surface area contributed by atoms with Crippen molar-refractivity contribution in [3.05, 3.63) is 29.1 Å². The third-order valence-electron chi connectivity index (χ3n) is 3.79. The van der Waals surface area contributed by atoms with Crippen LogP contribution in [0.1, 0.15) is 35.7 Å². The van der Waals surface area contributed by atoms with Gasteiger partial charge >= 0.3 is 5.97 Å². The molecule has 1 fully saturated rings. The van der Waals surface area contributed by atoms with Crippen molar-refractivity contribution in [2.75, 3.05) is 6.54 Å². The van der Waals surface area contributed by atoms with Gasteiger partial charge in [-0.05, 0) is 49.3 Å². The van der Waals surface area contributed by atoms with Gasteiger partial charge in [-0.2, -0.15) is 0 Å². The second kappa shape index (κ2) is 5.73. The molecule has 0 aromatic heterocycles. The van der Waals surface area contributed by atoms with Crippen molar-refractivity contribution in [1.82, 2.24) is 4.72 Å². The lowest BCUT2D eigenvalue weighted by Crippen LogP contribution is -2.29. The number of aryl methyl sites for hydroxylation is 1. The van der Waals surface area contributed by atoms with E-state index in [4.69, 9.17) is 5.11 Å². The highest BCUT2D eigenvalue weighted by Gasteiger charge is 2.29. The van der Waals surface area contributed by atoms with E-state index in [1.807, 2.05) is 6.92 Å². The van der Waals surface area contributed by atoms with Crippen molar-refractivity contribution in [3.8, 4) is 0 Å². The first-order valence-electron chi connectivity index (χ1n) is 6.75. The average molecular weight is 315 g/mol. The van der Waals surface area contributed by atoms with Crippen LogP contribution in [0.25, 0.3) is 0 Å². The molecule has 1 aromatic rings. The number of halogens is 1. The van der Waals surface area contributed by atoms with Gasteiger partial charge < -0.3 is 5.11 Å². The first kappa shape index (κ1) is 15.9. The number of sulfonamides is 1. The largest absolute Gasteiger partial charge is 0.478 e. The fourth-order valence-electron chi connectivity index (χ4n) is 2.20. The summed E-state index contributed by atoms with van der Waals surface area (Å²) in [6.45, 7) is 3.61. The minimum atomic E-state index is -3.84. The standard InChI is InChI=1S/C14H18FNO4S/c1-8-5-11(6-12(13(8)15)14(17)18)21(19,20)16-7-9(2)10-3-4-10/h5-6,9-10,16H,3-4,7H2,1-2H3,(H,17,18). The molecule has 0 heterocycles. The molecular weight excluding hydrogens is 297 g/mol. The molecule has 1 aliphatic rings. The highest BCUT2D eigenvalue weighted by atomic mass is 32.2. The normalized spacial score (nSPS) is 16.7. The summed E-state index contributed by atoms with van der Waals surface area (Å²) in [5.74, 6) is -1.61. The van der Waals surface area contributed by atoms with Crippen molar-refractivity contribution in [1.29, 1.82) is 0 Å². The average Bonchev–Trinajstić information content (AvgIpc) is 3.23. The smallest absolute Gasteiger partial charge is 0.338 e. The number of benzene rings is 1. The highest BCUT2D eigenvalue weighted by Crippen LogP contribution is 2.36. The summed E-state index contributed by atoms with van der Waals surface area (Å²) in [7, 11) is -3.84. The Morgan fingerprint density at radius 2 is 2.10 bits per heavy atom. The Labute approximate surface area is 123 Å². The summed E-state index contributed by atoms with van der Waals surface area (Å²) < 4.78 is 40.5. The highest BCUT2D eigenvalue weighted by molar-refractivity contribution is 7.89. The molecule has 116 valence electrons. The maximum Gasteiger partial charge on any atom is 0.338 e. The number of carboxylic acids is 1. The van der Waals surface area contributed by atoms with E-state index in [1.165, 1.54) is 6.92 Å². The van der Waals surface area contributed by atoms with Crippen LogP contribution in [0.5, 0.6) is 0 Å². The first-order chi connectivity index (χ1) is 9.72. The van der Waals surface area contributed by atoms with E-state index in [1.54, 1.807) is 0 Å². The fourth-order valence-corrected chi connectivity index (χ4v) is 3.46. The zero-order valence-corrected chi connectivity index (χ0v) is 12.7. The summed E-state index contributed by atoms with van der Waals surface area (Å²) in [4.78, 5) is 10.7. The lowest BCUT2D eigenvalue weighted by atomic mass is 10.1. The molecule has 21 heavy (non-hydrogen) atoms. The number of hydrogen-bond acceptors (Lipinski definition) is 3. The molecule has 0 amide bonds. The molecule has 0 aliphatic heterocycles. The van der Waals surface area contributed by atoms with Gasteiger partial charge in [-0.3, -0.25) is 0 Å². The van der Waals surface area contributed by atoms with Crippen molar-refractivity contribution >= 4 is 16.0 Å². The summed E-state index contributed by atoms with van der Waals surface area (Å²) in [6.07, 6.45) is 2.23. The van der Waals surface area contributed by atoms with E-state index in [2.05, 4.69) is 4.72 Å². The van der Waals surface area contributed by atoms with Gasteiger partial charge in [0, 0.05) is 6.54 Å². The second-order valence-electron chi connectivity index (χ2n) is 5.57. The molecule has 5 nitrogen and oxygen atoms in total. The van der Waals surface area contributed by atoms with Crippen molar-refractivity contribution in [2.24, 2.45) is 11.8 Å². The summed E-state index contributed by atoms with van der Waals surface area (Å²) >= 11 is 0. The Kier molecular flexibility index (Phi) is 4.34. The Morgan fingerprint density at radius 1 is 1.48 bits per heavy atom. The molecule has 1 aliphatic carbocycles. The van der Waals surface area contributed by atoms with Crippen LogP contribution in [0.2, 0.25) is 0 Å². The number of rotatable bonds is 6. The predicted octanol–water partition coefficient (Wildman–Crippen LogP) is 2.16.